The smallest absolute Gasteiger partial charge is 0.133 e. The van der Waals surface area contributed by atoms with Gasteiger partial charge < -0.3 is 15.2 Å². The summed E-state index contributed by atoms with van der Waals surface area (Å²) in [5, 5.41) is 12.8. The SMILES string of the molecule is CC(C)NCC(O)COc1ccc(Br)cc1Br.Cl. The molecule has 1 atom stereocenters. The molecule has 1 unspecified atom stereocenters. The summed E-state index contributed by atoms with van der Waals surface area (Å²) in [4.78, 5) is 0. The molecule has 3 nitrogen and oxygen atoms in total. The molecule has 0 bridgehead atoms. The van der Waals surface area contributed by atoms with Crippen molar-refractivity contribution in [1.82, 2.24) is 5.32 Å². The highest BCUT2D eigenvalue weighted by Gasteiger charge is 2.07. The summed E-state index contributed by atoms with van der Waals surface area (Å²) >= 11 is 6.78. The molecule has 18 heavy (non-hydrogen) atoms. The van der Waals surface area contributed by atoms with Crippen LogP contribution in [0.5, 0.6) is 5.75 Å². The zero-order valence-corrected chi connectivity index (χ0v) is 14.3. The van der Waals surface area contributed by atoms with Crippen molar-refractivity contribution in [1.29, 1.82) is 0 Å². The minimum absolute atomic E-state index is 0. The van der Waals surface area contributed by atoms with Gasteiger partial charge in [-0.2, -0.15) is 0 Å². The summed E-state index contributed by atoms with van der Waals surface area (Å²) in [5.41, 5.74) is 0. The van der Waals surface area contributed by atoms with E-state index >= 15 is 0 Å². The third kappa shape index (κ3) is 6.95. The van der Waals surface area contributed by atoms with Crippen LogP contribution < -0.4 is 10.1 Å². The number of halogens is 3. The Bertz CT molecular complexity index is 364. The molecule has 0 aliphatic rings. The van der Waals surface area contributed by atoms with E-state index in [4.69, 9.17) is 4.74 Å². The lowest BCUT2D eigenvalue weighted by molar-refractivity contribution is 0.104. The predicted octanol–water partition coefficient (Wildman–Crippen LogP) is 3.37. The number of rotatable bonds is 6. The lowest BCUT2D eigenvalue weighted by Crippen LogP contribution is -2.35. The van der Waals surface area contributed by atoms with Gasteiger partial charge in [0.1, 0.15) is 18.5 Å². The summed E-state index contributed by atoms with van der Waals surface area (Å²) in [7, 11) is 0. The first kappa shape index (κ1) is 18.2. The van der Waals surface area contributed by atoms with E-state index in [-0.39, 0.29) is 19.0 Å². The number of aliphatic hydroxyl groups is 1. The molecular weight excluding hydrogens is 385 g/mol. The van der Waals surface area contributed by atoms with Gasteiger partial charge in [0.2, 0.25) is 0 Å². The van der Waals surface area contributed by atoms with Crippen molar-refractivity contribution in [3.8, 4) is 5.75 Å². The zero-order valence-electron chi connectivity index (χ0n) is 10.3. The third-order valence-corrected chi connectivity index (χ3v) is 3.20. The van der Waals surface area contributed by atoms with Crippen molar-refractivity contribution in [3.63, 3.8) is 0 Å². The van der Waals surface area contributed by atoms with E-state index in [1.54, 1.807) is 0 Å². The van der Waals surface area contributed by atoms with Crippen molar-refractivity contribution in [2.75, 3.05) is 13.2 Å². The number of benzene rings is 1. The van der Waals surface area contributed by atoms with Crippen LogP contribution in [0.25, 0.3) is 0 Å². The molecule has 1 aromatic rings. The van der Waals surface area contributed by atoms with Gasteiger partial charge in [-0.1, -0.05) is 29.8 Å². The average Bonchev–Trinajstić information content (AvgIpc) is 2.25. The van der Waals surface area contributed by atoms with Crippen LogP contribution in [0.1, 0.15) is 13.8 Å². The van der Waals surface area contributed by atoms with Crippen molar-refractivity contribution in [2.45, 2.75) is 26.0 Å². The Morgan fingerprint density at radius 3 is 2.56 bits per heavy atom. The predicted molar refractivity (Wildman–Crippen MR) is 83.7 cm³/mol. The molecule has 0 aliphatic heterocycles. The quantitative estimate of drug-likeness (QED) is 0.765. The van der Waals surface area contributed by atoms with Gasteiger partial charge in [0, 0.05) is 17.1 Å². The van der Waals surface area contributed by atoms with Crippen LogP contribution in [0.4, 0.5) is 0 Å². The van der Waals surface area contributed by atoms with Gasteiger partial charge in [0.15, 0.2) is 0 Å². The number of hydrogen-bond acceptors (Lipinski definition) is 3. The van der Waals surface area contributed by atoms with E-state index in [1.165, 1.54) is 0 Å². The normalized spacial score (nSPS) is 12.1. The van der Waals surface area contributed by atoms with Crippen LogP contribution in [0.15, 0.2) is 27.1 Å². The molecule has 104 valence electrons. The molecule has 0 aromatic heterocycles. The first-order valence-corrected chi connectivity index (χ1v) is 7.07. The third-order valence-electron chi connectivity index (χ3n) is 2.09. The fourth-order valence-corrected chi connectivity index (χ4v) is 2.37. The van der Waals surface area contributed by atoms with Gasteiger partial charge in [-0.25, -0.2) is 0 Å². The summed E-state index contributed by atoms with van der Waals surface area (Å²) in [5.74, 6) is 0.733. The molecule has 1 aromatic carbocycles. The van der Waals surface area contributed by atoms with Gasteiger partial charge in [-0.15, -0.1) is 12.4 Å². The van der Waals surface area contributed by atoms with Crippen molar-refractivity contribution < 1.29 is 9.84 Å². The minimum Gasteiger partial charge on any atom is -0.490 e. The molecule has 1 rings (SSSR count). The summed E-state index contributed by atoms with van der Waals surface area (Å²) in [6.45, 7) is 4.89. The summed E-state index contributed by atoms with van der Waals surface area (Å²) < 4.78 is 7.38. The fourth-order valence-electron chi connectivity index (χ4n) is 1.21. The summed E-state index contributed by atoms with van der Waals surface area (Å²) in [6, 6.07) is 6.04. The zero-order chi connectivity index (χ0) is 12.8. The van der Waals surface area contributed by atoms with Crippen LogP contribution >= 0.6 is 44.3 Å². The molecule has 6 heteroatoms. The molecule has 0 saturated carbocycles. The Labute approximate surface area is 131 Å². The van der Waals surface area contributed by atoms with E-state index in [2.05, 4.69) is 37.2 Å². The van der Waals surface area contributed by atoms with Gasteiger partial charge in [0.25, 0.3) is 0 Å². The van der Waals surface area contributed by atoms with Crippen LogP contribution in [0.3, 0.4) is 0 Å². The highest BCUT2D eigenvalue weighted by Crippen LogP contribution is 2.28. The molecule has 0 saturated heterocycles. The number of ether oxygens (including phenoxy) is 1. The van der Waals surface area contributed by atoms with E-state index in [0.717, 1.165) is 14.7 Å². The van der Waals surface area contributed by atoms with Crippen molar-refractivity contribution in [2.24, 2.45) is 0 Å². The Morgan fingerprint density at radius 2 is 2.00 bits per heavy atom. The van der Waals surface area contributed by atoms with Crippen molar-refractivity contribution in [3.05, 3.63) is 27.1 Å². The monoisotopic (exact) mass is 401 g/mol. The Kier molecular flexibility index (Phi) is 9.25. The molecule has 0 radical (unpaired) electrons. The first-order chi connectivity index (χ1) is 7.99. The van der Waals surface area contributed by atoms with E-state index in [0.29, 0.717) is 12.6 Å². The van der Waals surface area contributed by atoms with Gasteiger partial charge in [-0.05, 0) is 34.1 Å². The minimum atomic E-state index is -0.507. The largest absolute Gasteiger partial charge is 0.490 e. The van der Waals surface area contributed by atoms with Crippen molar-refractivity contribution >= 4 is 44.3 Å². The lowest BCUT2D eigenvalue weighted by atomic mass is 10.3. The average molecular weight is 404 g/mol. The molecule has 0 heterocycles. The second kappa shape index (κ2) is 9.15. The van der Waals surface area contributed by atoms with E-state index in [9.17, 15) is 5.11 Å². The standard InChI is InChI=1S/C12H17Br2NO2.ClH/c1-8(2)15-6-10(16)7-17-12-4-3-9(13)5-11(12)14;/h3-5,8,10,15-16H,6-7H2,1-2H3;1H. The number of hydrogen-bond donors (Lipinski definition) is 2. The molecule has 0 fully saturated rings. The highest BCUT2D eigenvalue weighted by atomic mass is 79.9. The van der Waals surface area contributed by atoms with Crippen LogP contribution in [0, 0.1) is 0 Å². The van der Waals surface area contributed by atoms with E-state index in [1.807, 2.05) is 32.0 Å². The highest BCUT2D eigenvalue weighted by molar-refractivity contribution is 9.11. The van der Waals surface area contributed by atoms with Crippen LogP contribution in [-0.4, -0.2) is 30.4 Å². The second-order valence-electron chi connectivity index (χ2n) is 4.10. The topological polar surface area (TPSA) is 41.5 Å². The Morgan fingerprint density at radius 1 is 1.33 bits per heavy atom. The maximum atomic E-state index is 9.69. The maximum Gasteiger partial charge on any atom is 0.133 e. The molecule has 0 aliphatic carbocycles. The van der Waals surface area contributed by atoms with Crippen LogP contribution in [0.2, 0.25) is 0 Å². The van der Waals surface area contributed by atoms with Crippen LogP contribution in [-0.2, 0) is 0 Å². The first-order valence-electron chi connectivity index (χ1n) is 5.48. The molecule has 0 spiro atoms. The summed E-state index contributed by atoms with van der Waals surface area (Å²) in [6.07, 6.45) is -0.507. The Balaban J connectivity index is 0.00000289. The molecule has 0 amide bonds. The second-order valence-corrected chi connectivity index (χ2v) is 5.87. The number of nitrogens with one attached hydrogen (secondary N) is 1. The van der Waals surface area contributed by atoms with E-state index < -0.39 is 6.10 Å². The fraction of sp³-hybridized carbons (Fsp3) is 0.500. The molecule has 2 N–H and O–H groups in total. The lowest BCUT2D eigenvalue weighted by Gasteiger charge is -2.15. The maximum absolute atomic E-state index is 9.69. The van der Waals surface area contributed by atoms with Gasteiger partial charge in [-0.3, -0.25) is 0 Å². The number of aliphatic hydroxyl groups excluding tert-OH is 1. The molecular formula is C12H18Br2ClNO2. The Hall–Kier alpha value is 0.190. The van der Waals surface area contributed by atoms with Gasteiger partial charge >= 0.3 is 0 Å². The van der Waals surface area contributed by atoms with Gasteiger partial charge in [0.05, 0.1) is 4.47 Å².